The molecule has 0 aromatic heterocycles. The van der Waals surface area contributed by atoms with Crippen LogP contribution in [0.2, 0.25) is 0 Å². The van der Waals surface area contributed by atoms with E-state index in [9.17, 15) is 33.6 Å². The van der Waals surface area contributed by atoms with Gasteiger partial charge in [-0.3, -0.25) is 33.6 Å². The lowest BCUT2D eigenvalue weighted by atomic mass is 9.50. The van der Waals surface area contributed by atoms with Gasteiger partial charge in [0.05, 0.1) is 54.6 Å². The first-order valence-corrected chi connectivity index (χ1v) is 24.6. The van der Waals surface area contributed by atoms with Crippen molar-refractivity contribution >= 4 is 41.8 Å². The Morgan fingerprint density at radius 3 is 1.75 bits per heavy atom. The Kier molecular flexibility index (Phi) is 13.3. The maximum atomic E-state index is 12.5. The van der Waals surface area contributed by atoms with E-state index in [0.29, 0.717) is 37.7 Å². The van der Waals surface area contributed by atoms with Crippen molar-refractivity contribution in [3.05, 3.63) is 0 Å². The minimum absolute atomic E-state index is 0.0185. The van der Waals surface area contributed by atoms with Crippen LogP contribution in [0.4, 0.5) is 0 Å². The Morgan fingerprint density at radius 2 is 1.30 bits per heavy atom. The molecule has 0 aromatic rings. The summed E-state index contributed by atoms with van der Waals surface area (Å²) in [5, 5.41) is 0. The van der Waals surface area contributed by atoms with Gasteiger partial charge in [-0.05, 0) is 146 Å². The molecule has 3 aliphatic heterocycles. The largest absolute Gasteiger partial charge is 0.469 e. The molecule has 11 aliphatic rings. The van der Waals surface area contributed by atoms with Gasteiger partial charge in [0.15, 0.2) is 0 Å². The van der Waals surface area contributed by atoms with E-state index in [1.165, 1.54) is 52.1 Å². The van der Waals surface area contributed by atoms with Gasteiger partial charge in [0.2, 0.25) is 0 Å². The minimum atomic E-state index is -0.593. The molecule has 1 spiro atoms. The number of hydrogen-bond acceptors (Lipinski definition) is 13. The summed E-state index contributed by atoms with van der Waals surface area (Å²) in [6.07, 6.45) is 11.2. The van der Waals surface area contributed by atoms with Crippen LogP contribution in [0, 0.1) is 99.1 Å². The van der Waals surface area contributed by atoms with Crippen LogP contribution < -0.4 is 0 Å². The van der Waals surface area contributed by atoms with Gasteiger partial charge in [-0.1, -0.05) is 41.5 Å². The number of methoxy groups -OCH3 is 1. The molecule has 0 amide bonds. The third-order valence-electron chi connectivity index (χ3n) is 19.1. The maximum Gasteiger partial charge on any atom is 0.317 e. The lowest BCUT2D eigenvalue weighted by molar-refractivity contribution is -0.211. The standard InChI is InChI=1S/C17H28O2.C16H22O6.C12H18O2.C6H8O3/c1-5-16(2,3)15(18)19-17(4)13-7-11-6-12(9-13)10-14(17)8-11;1-5-16(2,3)15(19)22-12-7-6-8-10(9(7)13(17)20-4)14(18)21-11(8)12;1-7-8(2)10-3-9(7)4-12(10)5-11(13)14-6-12;1-3-4(2)6(8)9-5(3)7/h11-14H,5-10H2,1-4H3;7-12H,5-6H2,1-4H3;7-10H,3-6H2,1-2H3;3-4H,1-2H3. The predicted octanol–water partition coefficient (Wildman–Crippen LogP) is 8.07. The van der Waals surface area contributed by atoms with E-state index >= 15 is 0 Å². The first-order valence-electron chi connectivity index (χ1n) is 24.6. The molecule has 0 N–H and O–H groups in total. The second-order valence-electron chi connectivity index (χ2n) is 23.3. The molecule has 13 nitrogen and oxygen atoms in total. The fourth-order valence-electron chi connectivity index (χ4n) is 13.8. The molecule has 13 heteroatoms. The molecule has 8 aliphatic carbocycles. The van der Waals surface area contributed by atoms with Crippen LogP contribution >= 0.6 is 0 Å². The molecular formula is C51H76O13. The average molecular weight is 897 g/mol. The average Bonchev–Trinajstić information content (AvgIpc) is 4.12. The topological polar surface area (TPSA) is 175 Å². The summed E-state index contributed by atoms with van der Waals surface area (Å²) in [5.41, 5.74) is -0.840. The summed E-state index contributed by atoms with van der Waals surface area (Å²) < 4.78 is 31.5. The normalized spacial score (nSPS) is 43.6. The molecule has 8 bridgehead atoms. The summed E-state index contributed by atoms with van der Waals surface area (Å²) in [6, 6.07) is 0. The molecule has 13 unspecified atom stereocenters. The van der Waals surface area contributed by atoms with E-state index in [1.54, 1.807) is 13.8 Å². The second kappa shape index (κ2) is 17.6. The zero-order valence-corrected chi connectivity index (χ0v) is 40.5. The quantitative estimate of drug-likeness (QED) is 0.136. The molecule has 11 rings (SSSR count). The Labute approximate surface area is 380 Å². The molecule has 8 saturated carbocycles. The van der Waals surface area contributed by atoms with Crippen LogP contribution in [0.25, 0.3) is 0 Å². The van der Waals surface area contributed by atoms with Crippen LogP contribution in [0.15, 0.2) is 0 Å². The Morgan fingerprint density at radius 1 is 0.734 bits per heavy atom. The SMILES string of the molecule is CC1C(=O)OC(=O)C1C.CC1C2CC(C1C)C1(COC(=O)C1)C2.CCC(C)(C)C(=O)OC1(C)C2CC3CC(C2)CC1C3.CCC(C)(C)C(=O)OC1C2CC3C1OC(=O)C3C2C(=O)OC. The molecule has 0 aromatic carbocycles. The number of rotatable bonds is 7. The molecule has 3 saturated heterocycles. The highest BCUT2D eigenvalue weighted by molar-refractivity contribution is 5.95. The molecule has 3 heterocycles. The van der Waals surface area contributed by atoms with E-state index in [2.05, 4.69) is 32.4 Å². The highest BCUT2D eigenvalue weighted by Crippen LogP contribution is 2.64. The van der Waals surface area contributed by atoms with Gasteiger partial charge in [-0.25, -0.2) is 0 Å². The first-order chi connectivity index (χ1) is 29.9. The van der Waals surface area contributed by atoms with Gasteiger partial charge in [0.1, 0.15) is 17.8 Å². The summed E-state index contributed by atoms with van der Waals surface area (Å²) in [6.45, 7) is 22.7. The van der Waals surface area contributed by atoms with Crippen LogP contribution in [-0.4, -0.2) is 73.3 Å². The first kappa shape index (κ1) is 48.4. The van der Waals surface area contributed by atoms with Crippen LogP contribution in [0.5, 0.6) is 0 Å². The van der Waals surface area contributed by atoms with Gasteiger partial charge < -0.3 is 28.4 Å². The van der Waals surface area contributed by atoms with E-state index in [0.717, 1.165) is 41.9 Å². The summed E-state index contributed by atoms with van der Waals surface area (Å²) in [7, 11) is 1.31. The Hall–Kier alpha value is -3.51. The Balaban J connectivity index is 0.000000133. The number of fused-ring (bicyclic) bond motifs is 4. The van der Waals surface area contributed by atoms with Crippen LogP contribution in [-0.2, 0) is 62.0 Å². The van der Waals surface area contributed by atoms with E-state index < -0.39 is 47.4 Å². The van der Waals surface area contributed by atoms with Gasteiger partial charge in [-0.15, -0.1) is 0 Å². The Bertz CT molecular complexity index is 1820. The zero-order chi connectivity index (χ0) is 47.0. The fourth-order valence-corrected chi connectivity index (χ4v) is 13.8. The molecular weight excluding hydrogens is 821 g/mol. The lowest BCUT2D eigenvalue weighted by Crippen LogP contribution is -2.58. The monoisotopic (exact) mass is 897 g/mol. The van der Waals surface area contributed by atoms with Crippen molar-refractivity contribution < 1.29 is 62.0 Å². The van der Waals surface area contributed by atoms with Crippen molar-refractivity contribution in [3.63, 3.8) is 0 Å². The highest BCUT2D eigenvalue weighted by Gasteiger charge is 2.70. The van der Waals surface area contributed by atoms with Crippen molar-refractivity contribution in [2.45, 2.75) is 165 Å². The number of ether oxygens (including phenoxy) is 6. The van der Waals surface area contributed by atoms with Crippen molar-refractivity contribution in [2.24, 2.45) is 99.1 Å². The third kappa shape index (κ3) is 8.42. The van der Waals surface area contributed by atoms with Crippen molar-refractivity contribution in [1.29, 1.82) is 0 Å². The zero-order valence-electron chi connectivity index (χ0n) is 40.5. The summed E-state index contributed by atoms with van der Waals surface area (Å²) in [4.78, 5) is 81.3. The highest BCUT2D eigenvalue weighted by atomic mass is 16.6. The number of cyclic esters (lactones) is 3. The second-order valence-corrected chi connectivity index (χ2v) is 23.3. The van der Waals surface area contributed by atoms with Gasteiger partial charge in [-0.2, -0.15) is 0 Å². The van der Waals surface area contributed by atoms with E-state index in [4.69, 9.17) is 23.7 Å². The minimum Gasteiger partial charge on any atom is -0.469 e. The number of carbonyl (C=O) groups excluding carboxylic acids is 7. The van der Waals surface area contributed by atoms with Gasteiger partial charge in [0, 0.05) is 17.3 Å². The lowest BCUT2D eigenvalue weighted by Gasteiger charge is -2.59. The fraction of sp³-hybridized carbons (Fsp3) is 0.863. The van der Waals surface area contributed by atoms with Crippen molar-refractivity contribution in [3.8, 4) is 0 Å². The van der Waals surface area contributed by atoms with Gasteiger partial charge in [0.25, 0.3) is 0 Å². The van der Waals surface area contributed by atoms with E-state index in [-0.39, 0.29) is 64.0 Å². The summed E-state index contributed by atoms with van der Waals surface area (Å²) >= 11 is 0. The summed E-state index contributed by atoms with van der Waals surface area (Å²) in [5.74, 6) is 2.85. The number of hydrogen-bond donors (Lipinski definition) is 0. The molecule has 358 valence electrons. The van der Waals surface area contributed by atoms with Crippen LogP contribution in [0.1, 0.15) is 147 Å². The van der Waals surface area contributed by atoms with E-state index in [1.807, 2.05) is 34.6 Å². The number of carbonyl (C=O) groups is 7. The molecule has 0 radical (unpaired) electrons. The smallest absolute Gasteiger partial charge is 0.317 e. The van der Waals surface area contributed by atoms with Crippen molar-refractivity contribution in [2.75, 3.05) is 13.7 Å². The van der Waals surface area contributed by atoms with Gasteiger partial charge >= 0.3 is 41.8 Å². The van der Waals surface area contributed by atoms with Crippen LogP contribution in [0.3, 0.4) is 0 Å². The molecule has 64 heavy (non-hydrogen) atoms. The molecule has 11 fully saturated rings. The molecule has 13 atom stereocenters. The van der Waals surface area contributed by atoms with Crippen molar-refractivity contribution in [1.82, 2.24) is 0 Å². The number of esters is 7. The third-order valence-corrected chi connectivity index (χ3v) is 19.1. The predicted molar refractivity (Wildman–Crippen MR) is 232 cm³/mol. The maximum absolute atomic E-state index is 12.5.